The van der Waals surface area contributed by atoms with E-state index in [1.165, 1.54) is 0 Å². The van der Waals surface area contributed by atoms with E-state index in [0.717, 1.165) is 24.2 Å². The summed E-state index contributed by atoms with van der Waals surface area (Å²) in [5, 5.41) is 0. The van der Waals surface area contributed by atoms with E-state index >= 15 is 0 Å². The smallest absolute Gasteiger partial charge is 0.240 e. The largest absolute Gasteiger partial charge is 0.497 e. The molecular formula is C20H25NO5S. The lowest BCUT2D eigenvalue weighted by atomic mass is 9.74. The molecule has 0 spiro atoms. The number of hydrogen-bond acceptors (Lipinski definition) is 5. The highest BCUT2D eigenvalue weighted by Gasteiger charge is 2.35. The minimum atomic E-state index is -3.61. The molecule has 0 aromatic heterocycles. The molecule has 0 amide bonds. The van der Waals surface area contributed by atoms with E-state index in [1.807, 2.05) is 24.3 Å². The van der Waals surface area contributed by atoms with Crippen LogP contribution in [0.5, 0.6) is 11.5 Å². The van der Waals surface area contributed by atoms with Gasteiger partial charge in [0.15, 0.2) is 0 Å². The van der Waals surface area contributed by atoms with Crippen molar-refractivity contribution in [2.45, 2.75) is 23.2 Å². The van der Waals surface area contributed by atoms with E-state index in [1.54, 1.807) is 38.5 Å². The molecule has 1 aliphatic heterocycles. The van der Waals surface area contributed by atoms with Crippen LogP contribution in [-0.4, -0.2) is 42.4 Å². The normalized spacial score (nSPS) is 16.7. The van der Waals surface area contributed by atoms with E-state index in [9.17, 15) is 8.42 Å². The van der Waals surface area contributed by atoms with E-state index in [0.29, 0.717) is 25.5 Å². The van der Waals surface area contributed by atoms with Gasteiger partial charge in [0, 0.05) is 25.2 Å². The van der Waals surface area contributed by atoms with Crippen molar-refractivity contribution in [2.24, 2.45) is 0 Å². The van der Waals surface area contributed by atoms with Gasteiger partial charge >= 0.3 is 0 Å². The van der Waals surface area contributed by atoms with Crippen LogP contribution in [0.25, 0.3) is 0 Å². The fourth-order valence-corrected chi connectivity index (χ4v) is 4.47. The van der Waals surface area contributed by atoms with Gasteiger partial charge in [0.25, 0.3) is 0 Å². The van der Waals surface area contributed by atoms with Gasteiger partial charge in [-0.2, -0.15) is 0 Å². The Bertz CT molecular complexity index is 841. The number of rotatable bonds is 7. The Balaban J connectivity index is 1.81. The number of ether oxygens (including phenoxy) is 3. The molecule has 6 nitrogen and oxygen atoms in total. The fraction of sp³-hybridized carbons (Fsp3) is 0.400. The van der Waals surface area contributed by atoms with Gasteiger partial charge in [0.1, 0.15) is 11.5 Å². The van der Waals surface area contributed by atoms with Gasteiger partial charge in [0.2, 0.25) is 10.0 Å². The van der Waals surface area contributed by atoms with Gasteiger partial charge < -0.3 is 14.2 Å². The van der Waals surface area contributed by atoms with Gasteiger partial charge in [-0.15, -0.1) is 0 Å². The molecule has 2 aromatic rings. The Labute approximate surface area is 160 Å². The molecule has 1 aliphatic rings. The maximum absolute atomic E-state index is 12.7. The summed E-state index contributed by atoms with van der Waals surface area (Å²) in [6.45, 7) is 1.53. The highest BCUT2D eigenvalue weighted by atomic mass is 32.2. The first-order chi connectivity index (χ1) is 13.0. The van der Waals surface area contributed by atoms with Gasteiger partial charge in [-0.3, -0.25) is 0 Å². The van der Waals surface area contributed by atoms with Gasteiger partial charge in [0.05, 0.1) is 19.1 Å². The van der Waals surface area contributed by atoms with Crippen LogP contribution in [0.4, 0.5) is 0 Å². The lowest BCUT2D eigenvalue weighted by molar-refractivity contribution is 0.0517. The maximum Gasteiger partial charge on any atom is 0.240 e. The fourth-order valence-electron chi connectivity index (χ4n) is 3.35. The summed E-state index contributed by atoms with van der Waals surface area (Å²) < 4.78 is 44.1. The van der Waals surface area contributed by atoms with E-state index < -0.39 is 10.0 Å². The minimum absolute atomic E-state index is 0.222. The summed E-state index contributed by atoms with van der Waals surface area (Å²) in [5.41, 5.74) is 0.786. The molecule has 1 heterocycles. The quantitative estimate of drug-likeness (QED) is 0.786. The molecule has 1 N–H and O–H groups in total. The molecule has 0 saturated carbocycles. The third kappa shape index (κ3) is 4.43. The lowest BCUT2D eigenvalue weighted by Crippen LogP contribution is -2.44. The van der Waals surface area contributed by atoms with Crippen molar-refractivity contribution in [1.29, 1.82) is 0 Å². The first-order valence-electron chi connectivity index (χ1n) is 8.85. The Hall–Kier alpha value is -2.09. The number of methoxy groups -OCH3 is 2. The molecule has 27 heavy (non-hydrogen) atoms. The van der Waals surface area contributed by atoms with Crippen LogP contribution in [0.1, 0.15) is 18.4 Å². The Morgan fingerprint density at radius 3 is 1.96 bits per heavy atom. The SMILES string of the molecule is COc1ccc(C2(CNS(=O)(=O)c3ccc(OC)cc3)CCOCC2)cc1. The highest BCUT2D eigenvalue weighted by Crippen LogP contribution is 2.35. The van der Waals surface area contributed by atoms with Crippen molar-refractivity contribution >= 4 is 10.0 Å². The molecule has 0 aliphatic carbocycles. The molecule has 2 aromatic carbocycles. The summed E-state index contributed by atoms with van der Waals surface area (Å²) in [6.07, 6.45) is 1.51. The van der Waals surface area contributed by atoms with E-state index in [-0.39, 0.29) is 10.3 Å². The second kappa shape index (κ2) is 8.29. The topological polar surface area (TPSA) is 73.9 Å². The van der Waals surface area contributed by atoms with Crippen molar-refractivity contribution in [2.75, 3.05) is 34.0 Å². The molecule has 1 saturated heterocycles. The Kier molecular flexibility index (Phi) is 6.04. The zero-order valence-corrected chi connectivity index (χ0v) is 16.4. The molecular weight excluding hydrogens is 366 g/mol. The predicted octanol–water partition coefficient (Wildman–Crippen LogP) is 2.73. The van der Waals surface area contributed by atoms with Crippen LogP contribution < -0.4 is 14.2 Å². The second-order valence-corrected chi connectivity index (χ2v) is 8.39. The van der Waals surface area contributed by atoms with Crippen molar-refractivity contribution in [3.63, 3.8) is 0 Å². The zero-order chi connectivity index (χ0) is 19.3. The van der Waals surface area contributed by atoms with Crippen molar-refractivity contribution in [1.82, 2.24) is 4.72 Å². The second-order valence-electron chi connectivity index (χ2n) is 6.62. The van der Waals surface area contributed by atoms with Crippen molar-refractivity contribution in [3.8, 4) is 11.5 Å². The van der Waals surface area contributed by atoms with Crippen LogP contribution in [0.3, 0.4) is 0 Å². The van der Waals surface area contributed by atoms with Gasteiger partial charge in [-0.25, -0.2) is 13.1 Å². The van der Waals surface area contributed by atoms with Gasteiger partial charge in [-0.05, 0) is 54.8 Å². The van der Waals surface area contributed by atoms with E-state index in [4.69, 9.17) is 14.2 Å². The lowest BCUT2D eigenvalue weighted by Gasteiger charge is -2.38. The number of sulfonamides is 1. The molecule has 1 fully saturated rings. The highest BCUT2D eigenvalue weighted by molar-refractivity contribution is 7.89. The van der Waals surface area contributed by atoms with Crippen LogP contribution in [-0.2, 0) is 20.2 Å². The first-order valence-corrected chi connectivity index (χ1v) is 10.3. The van der Waals surface area contributed by atoms with Crippen LogP contribution in [0.2, 0.25) is 0 Å². The maximum atomic E-state index is 12.7. The van der Waals surface area contributed by atoms with Crippen molar-refractivity contribution in [3.05, 3.63) is 54.1 Å². The third-order valence-electron chi connectivity index (χ3n) is 5.12. The summed E-state index contributed by atoms with van der Waals surface area (Å²) in [7, 11) is -0.440. The van der Waals surface area contributed by atoms with Crippen LogP contribution >= 0.6 is 0 Å². The average molecular weight is 391 g/mol. The molecule has 7 heteroatoms. The summed E-state index contributed by atoms with van der Waals surface area (Å²) in [5.74, 6) is 1.40. The summed E-state index contributed by atoms with van der Waals surface area (Å²) in [4.78, 5) is 0.222. The molecule has 0 bridgehead atoms. The minimum Gasteiger partial charge on any atom is -0.497 e. The summed E-state index contributed by atoms with van der Waals surface area (Å²) in [6, 6.07) is 14.2. The molecule has 0 unspecified atom stereocenters. The molecule has 0 atom stereocenters. The average Bonchev–Trinajstić information content (AvgIpc) is 2.73. The summed E-state index contributed by atoms with van der Waals surface area (Å²) >= 11 is 0. The molecule has 0 radical (unpaired) electrons. The predicted molar refractivity (Wildman–Crippen MR) is 103 cm³/mol. The van der Waals surface area contributed by atoms with Crippen molar-refractivity contribution < 1.29 is 22.6 Å². The van der Waals surface area contributed by atoms with E-state index in [2.05, 4.69) is 4.72 Å². The number of nitrogens with one attached hydrogen (secondary N) is 1. The number of hydrogen-bond donors (Lipinski definition) is 1. The molecule has 146 valence electrons. The first kappa shape index (κ1) is 19.7. The van der Waals surface area contributed by atoms with Crippen LogP contribution in [0.15, 0.2) is 53.4 Å². The standard InChI is InChI=1S/C20H25NO5S/c1-24-17-5-3-16(4-6-17)20(11-13-26-14-12-20)15-21-27(22,23)19-9-7-18(25-2)8-10-19/h3-10,21H,11-15H2,1-2H3. The number of benzene rings is 2. The van der Waals surface area contributed by atoms with Gasteiger partial charge in [-0.1, -0.05) is 12.1 Å². The Morgan fingerprint density at radius 2 is 1.44 bits per heavy atom. The monoisotopic (exact) mass is 391 g/mol. The van der Waals surface area contributed by atoms with Crippen LogP contribution in [0, 0.1) is 0 Å². The molecule has 3 rings (SSSR count). The zero-order valence-electron chi connectivity index (χ0n) is 15.6. The third-order valence-corrected chi connectivity index (χ3v) is 6.54. The Morgan fingerprint density at radius 1 is 0.926 bits per heavy atom.